The van der Waals surface area contributed by atoms with Gasteiger partial charge in [0.05, 0.1) is 24.6 Å². The molecule has 1 aromatic heterocycles. The molecule has 0 aliphatic carbocycles. The van der Waals surface area contributed by atoms with Gasteiger partial charge >= 0.3 is 5.97 Å². The zero-order chi connectivity index (χ0) is 17.9. The van der Waals surface area contributed by atoms with Crippen LogP contribution in [0.4, 0.5) is 0 Å². The number of carboxylic acid groups (broad SMARTS) is 1. The minimum absolute atomic E-state index is 0.249. The number of hydrogen-bond acceptors (Lipinski definition) is 4. The Kier molecular flexibility index (Phi) is 7.89. The number of nitrogens with zero attached hydrogens (tertiary/aromatic N) is 2. The van der Waals surface area contributed by atoms with E-state index in [1.54, 1.807) is 36.7 Å². The van der Waals surface area contributed by atoms with Crippen LogP contribution in [-0.4, -0.2) is 27.7 Å². The molecule has 5 heteroatoms. The fourth-order valence-corrected chi connectivity index (χ4v) is 2.55. The molecule has 2 rings (SSSR count). The Morgan fingerprint density at radius 2 is 1.56 bits per heavy atom. The molecule has 0 unspecified atom stereocenters. The second-order valence-electron chi connectivity index (χ2n) is 6.09. The lowest BCUT2D eigenvalue weighted by molar-refractivity contribution is 0.0697. The lowest BCUT2D eigenvalue weighted by atomic mass is 10.1. The molecule has 0 radical (unpaired) electrons. The van der Waals surface area contributed by atoms with Crippen molar-refractivity contribution in [2.75, 3.05) is 6.61 Å². The van der Waals surface area contributed by atoms with Crippen molar-refractivity contribution in [3.63, 3.8) is 0 Å². The Morgan fingerprint density at radius 1 is 0.960 bits per heavy atom. The summed E-state index contributed by atoms with van der Waals surface area (Å²) in [7, 11) is 0. The summed E-state index contributed by atoms with van der Waals surface area (Å²) in [6.45, 7) is 2.91. The second-order valence-corrected chi connectivity index (χ2v) is 6.09. The van der Waals surface area contributed by atoms with Gasteiger partial charge in [0.1, 0.15) is 0 Å². The van der Waals surface area contributed by atoms with Gasteiger partial charge in [0.25, 0.3) is 0 Å². The summed E-state index contributed by atoms with van der Waals surface area (Å²) >= 11 is 0. The van der Waals surface area contributed by atoms with E-state index in [0.29, 0.717) is 18.2 Å². The highest BCUT2D eigenvalue weighted by atomic mass is 16.5. The first-order valence-corrected chi connectivity index (χ1v) is 8.99. The molecule has 0 saturated carbocycles. The van der Waals surface area contributed by atoms with Gasteiger partial charge < -0.3 is 9.84 Å². The molecule has 5 nitrogen and oxygen atoms in total. The lowest BCUT2D eigenvalue weighted by Crippen LogP contribution is -1.99. The molecule has 2 aromatic rings. The molecule has 1 N–H and O–H groups in total. The lowest BCUT2D eigenvalue weighted by Gasteiger charge is -2.06. The van der Waals surface area contributed by atoms with Gasteiger partial charge in [-0.05, 0) is 18.6 Å². The topological polar surface area (TPSA) is 72.3 Å². The molecule has 0 spiro atoms. The third-order valence-corrected chi connectivity index (χ3v) is 4.03. The van der Waals surface area contributed by atoms with Crippen molar-refractivity contribution in [1.82, 2.24) is 9.97 Å². The largest absolute Gasteiger partial charge is 0.490 e. The summed E-state index contributed by atoms with van der Waals surface area (Å²) in [5.41, 5.74) is 1.03. The Labute approximate surface area is 149 Å². The van der Waals surface area contributed by atoms with E-state index in [1.807, 2.05) is 0 Å². The molecule has 0 atom stereocenters. The Bertz CT molecular complexity index is 639. The molecule has 1 aromatic carbocycles. The standard InChI is InChI=1S/C20H26N2O3/c1-2-3-4-5-6-7-8-13-25-18-14-21-19(22-15-18)16-9-11-17(12-10-16)20(23)24/h9-12,14-15H,2-8,13H2,1H3,(H,23,24). The maximum absolute atomic E-state index is 10.9. The van der Waals surface area contributed by atoms with Crippen molar-refractivity contribution in [2.45, 2.75) is 51.9 Å². The zero-order valence-electron chi connectivity index (χ0n) is 14.8. The van der Waals surface area contributed by atoms with E-state index in [2.05, 4.69) is 16.9 Å². The molecule has 0 aliphatic heterocycles. The highest BCUT2D eigenvalue weighted by Gasteiger charge is 2.05. The van der Waals surface area contributed by atoms with Gasteiger partial charge in [-0.2, -0.15) is 0 Å². The fraction of sp³-hybridized carbons (Fsp3) is 0.450. The molecule has 134 valence electrons. The SMILES string of the molecule is CCCCCCCCCOc1cnc(-c2ccc(C(=O)O)cc2)nc1. The van der Waals surface area contributed by atoms with E-state index in [4.69, 9.17) is 9.84 Å². The number of hydrogen-bond donors (Lipinski definition) is 1. The molecule has 1 heterocycles. The molecule has 0 aliphatic rings. The first kappa shape index (κ1) is 18.9. The summed E-state index contributed by atoms with van der Waals surface area (Å²) in [6, 6.07) is 6.51. The Balaban J connectivity index is 1.73. The summed E-state index contributed by atoms with van der Waals surface area (Å²) in [4.78, 5) is 19.4. The van der Waals surface area contributed by atoms with E-state index >= 15 is 0 Å². The Hall–Kier alpha value is -2.43. The van der Waals surface area contributed by atoms with Crippen LogP contribution in [0.2, 0.25) is 0 Å². The van der Waals surface area contributed by atoms with Crippen LogP contribution < -0.4 is 4.74 Å². The first-order chi connectivity index (χ1) is 12.2. The van der Waals surface area contributed by atoms with Gasteiger partial charge in [-0.25, -0.2) is 14.8 Å². The summed E-state index contributed by atoms with van der Waals surface area (Å²) < 4.78 is 5.67. The van der Waals surface area contributed by atoms with E-state index in [1.165, 1.54) is 38.5 Å². The van der Waals surface area contributed by atoms with Crippen molar-refractivity contribution >= 4 is 5.97 Å². The van der Waals surface area contributed by atoms with Crippen LogP contribution >= 0.6 is 0 Å². The van der Waals surface area contributed by atoms with Crippen molar-refractivity contribution < 1.29 is 14.6 Å². The second kappa shape index (κ2) is 10.4. The molecule has 0 fully saturated rings. The predicted molar refractivity (Wildman–Crippen MR) is 97.9 cm³/mol. The van der Waals surface area contributed by atoms with Gasteiger partial charge in [-0.15, -0.1) is 0 Å². The van der Waals surface area contributed by atoms with Crippen LogP contribution in [0.15, 0.2) is 36.7 Å². The predicted octanol–water partition coefficient (Wildman–Crippen LogP) is 4.97. The maximum atomic E-state index is 10.9. The number of aromatic carboxylic acids is 1. The van der Waals surface area contributed by atoms with E-state index < -0.39 is 5.97 Å². The smallest absolute Gasteiger partial charge is 0.335 e. The van der Waals surface area contributed by atoms with Crippen LogP contribution in [-0.2, 0) is 0 Å². The quantitative estimate of drug-likeness (QED) is 0.584. The number of carbonyl (C=O) groups is 1. The number of aromatic nitrogens is 2. The van der Waals surface area contributed by atoms with Crippen LogP contribution in [0, 0.1) is 0 Å². The van der Waals surface area contributed by atoms with Gasteiger partial charge in [0.15, 0.2) is 11.6 Å². The normalized spacial score (nSPS) is 10.6. The third-order valence-electron chi connectivity index (χ3n) is 4.03. The maximum Gasteiger partial charge on any atom is 0.335 e. The van der Waals surface area contributed by atoms with E-state index in [-0.39, 0.29) is 5.56 Å². The molecular weight excluding hydrogens is 316 g/mol. The average Bonchev–Trinajstić information content (AvgIpc) is 2.64. The van der Waals surface area contributed by atoms with Gasteiger partial charge in [0.2, 0.25) is 0 Å². The number of rotatable bonds is 11. The Morgan fingerprint density at radius 3 is 2.16 bits per heavy atom. The minimum Gasteiger partial charge on any atom is -0.490 e. The van der Waals surface area contributed by atoms with Crippen LogP contribution in [0.25, 0.3) is 11.4 Å². The first-order valence-electron chi connectivity index (χ1n) is 8.99. The van der Waals surface area contributed by atoms with Gasteiger partial charge in [-0.1, -0.05) is 57.6 Å². The van der Waals surface area contributed by atoms with E-state index in [9.17, 15) is 4.79 Å². The van der Waals surface area contributed by atoms with Crippen LogP contribution in [0.1, 0.15) is 62.2 Å². The summed E-state index contributed by atoms with van der Waals surface area (Å²) in [5.74, 6) is 0.277. The number of benzene rings is 1. The molecule has 25 heavy (non-hydrogen) atoms. The summed E-state index contributed by atoms with van der Waals surface area (Å²) in [5, 5.41) is 8.91. The third kappa shape index (κ3) is 6.53. The van der Waals surface area contributed by atoms with Gasteiger partial charge in [0, 0.05) is 5.56 Å². The van der Waals surface area contributed by atoms with Crippen molar-refractivity contribution in [2.24, 2.45) is 0 Å². The van der Waals surface area contributed by atoms with Crippen molar-refractivity contribution in [3.05, 3.63) is 42.2 Å². The van der Waals surface area contributed by atoms with Crippen molar-refractivity contribution in [3.8, 4) is 17.1 Å². The monoisotopic (exact) mass is 342 g/mol. The minimum atomic E-state index is -0.943. The molecule has 0 amide bonds. The number of ether oxygens (including phenoxy) is 1. The highest BCUT2D eigenvalue weighted by molar-refractivity contribution is 5.88. The fourth-order valence-electron chi connectivity index (χ4n) is 2.55. The van der Waals surface area contributed by atoms with Crippen molar-refractivity contribution in [1.29, 1.82) is 0 Å². The zero-order valence-corrected chi connectivity index (χ0v) is 14.8. The summed E-state index contributed by atoms with van der Waals surface area (Å²) in [6.07, 6.45) is 12.1. The number of unbranched alkanes of at least 4 members (excludes halogenated alkanes) is 6. The molecule has 0 bridgehead atoms. The van der Waals surface area contributed by atoms with E-state index in [0.717, 1.165) is 12.0 Å². The van der Waals surface area contributed by atoms with Crippen LogP contribution in [0.3, 0.4) is 0 Å². The van der Waals surface area contributed by atoms with Crippen LogP contribution in [0.5, 0.6) is 5.75 Å². The number of carboxylic acids is 1. The molecule has 0 saturated heterocycles. The highest BCUT2D eigenvalue weighted by Crippen LogP contribution is 2.17. The molecular formula is C20H26N2O3. The van der Waals surface area contributed by atoms with Gasteiger partial charge in [-0.3, -0.25) is 0 Å². The average molecular weight is 342 g/mol.